The van der Waals surface area contributed by atoms with E-state index in [0.29, 0.717) is 6.04 Å². The van der Waals surface area contributed by atoms with Crippen LogP contribution in [-0.4, -0.2) is 35.7 Å². The van der Waals surface area contributed by atoms with Crippen LogP contribution in [0.25, 0.3) is 0 Å². The number of benzene rings is 1. The lowest BCUT2D eigenvalue weighted by Gasteiger charge is -2.31. The van der Waals surface area contributed by atoms with Gasteiger partial charge in [-0.15, -0.1) is 0 Å². The quantitative estimate of drug-likeness (QED) is 0.832. The van der Waals surface area contributed by atoms with Crippen molar-refractivity contribution in [2.24, 2.45) is 5.92 Å². The van der Waals surface area contributed by atoms with E-state index in [1.54, 1.807) is 0 Å². The number of fused-ring (bicyclic) bond motifs is 2. The molecule has 0 amide bonds. The Balaban J connectivity index is 1.65. The van der Waals surface area contributed by atoms with Crippen LogP contribution in [0.1, 0.15) is 18.4 Å². The summed E-state index contributed by atoms with van der Waals surface area (Å²) in [5.41, 5.74) is 2.17. The molecule has 0 saturated carbocycles. The van der Waals surface area contributed by atoms with Crippen LogP contribution in [0.2, 0.25) is 0 Å². The number of hydrogen-bond donors (Lipinski definition) is 2. The molecule has 0 aromatic heterocycles. The Bertz CT molecular complexity index is 376. The summed E-state index contributed by atoms with van der Waals surface area (Å²) < 4.78 is 0. The monoisotopic (exact) mass is 232 g/mol. The topological polar surface area (TPSA) is 35.5 Å². The molecule has 2 heterocycles. The molecule has 2 aliphatic heterocycles. The van der Waals surface area contributed by atoms with Crippen LogP contribution in [0.15, 0.2) is 24.3 Å². The van der Waals surface area contributed by atoms with E-state index in [1.807, 2.05) is 12.1 Å². The summed E-state index contributed by atoms with van der Waals surface area (Å²) in [6.07, 6.45) is 2.60. The first kappa shape index (κ1) is 11.1. The van der Waals surface area contributed by atoms with Crippen LogP contribution in [-0.2, 0) is 6.61 Å². The standard InChI is InChI=1S/C14H20N2O/c17-10-11-1-3-13(4-2-11)15-14-6-8-16-7-5-12(14)9-16/h1-4,12,14-15,17H,5-10H2. The van der Waals surface area contributed by atoms with E-state index in [1.165, 1.54) is 38.2 Å². The van der Waals surface area contributed by atoms with Gasteiger partial charge < -0.3 is 15.3 Å². The lowest BCUT2D eigenvalue weighted by molar-refractivity contribution is 0.255. The van der Waals surface area contributed by atoms with E-state index in [-0.39, 0.29) is 6.61 Å². The average molecular weight is 232 g/mol. The van der Waals surface area contributed by atoms with Crippen LogP contribution >= 0.6 is 0 Å². The fourth-order valence-electron chi connectivity index (χ4n) is 3.06. The first-order valence-corrected chi connectivity index (χ1v) is 6.54. The minimum Gasteiger partial charge on any atom is -0.392 e. The van der Waals surface area contributed by atoms with E-state index in [9.17, 15) is 0 Å². The maximum Gasteiger partial charge on any atom is 0.0681 e. The molecule has 1 aromatic rings. The smallest absolute Gasteiger partial charge is 0.0681 e. The molecule has 3 nitrogen and oxygen atoms in total. The van der Waals surface area contributed by atoms with E-state index < -0.39 is 0 Å². The van der Waals surface area contributed by atoms with Crippen LogP contribution in [0.3, 0.4) is 0 Å². The second-order valence-corrected chi connectivity index (χ2v) is 5.24. The van der Waals surface area contributed by atoms with Gasteiger partial charge in [0.1, 0.15) is 0 Å². The lowest BCUT2D eigenvalue weighted by atomic mass is 9.94. The minimum atomic E-state index is 0.126. The molecule has 2 bridgehead atoms. The van der Waals surface area contributed by atoms with E-state index in [0.717, 1.165) is 11.5 Å². The van der Waals surface area contributed by atoms with Crippen molar-refractivity contribution >= 4 is 5.69 Å². The fourth-order valence-corrected chi connectivity index (χ4v) is 3.06. The predicted octanol–water partition coefficient (Wildman–Crippen LogP) is 1.68. The second-order valence-electron chi connectivity index (χ2n) is 5.24. The molecule has 0 aliphatic carbocycles. The molecule has 3 atom stereocenters. The molecular weight excluding hydrogens is 212 g/mol. The van der Waals surface area contributed by atoms with Gasteiger partial charge in [-0.05, 0) is 43.0 Å². The van der Waals surface area contributed by atoms with Crippen molar-refractivity contribution in [1.29, 1.82) is 0 Å². The molecule has 92 valence electrons. The number of aliphatic hydroxyl groups is 1. The van der Waals surface area contributed by atoms with Crippen molar-refractivity contribution in [3.8, 4) is 0 Å². The molecule has 0 radical (unpaired) electrons. The third-order valence-electron chi connectivity index (χ3n) is 4.12. The largest absolute Gasteiger partial charge is 0.392 e. The Morgan fingerprint density at radius 2 is 1.94 bits per heavy atom. The first-order valence-electron chi connectivity index (χ1n) is 6.54. The van der Waals surface area contributed by atoms with Crippen molar-refractivity contribution < 1.29 is 5.11 Å². The zero-order valence-electron chi connectivity index (χ0n) is 10.1. The zero-order chi connectivity index (χ0) is 11.7. The van der Waals surface area contributed by atoms with E-state index in [4.69, 9.17) is 5.11 Å². The Morgan fingerprint density at radius 3 is 2.71 bits per heavy atom. The molecule has 2 saturated heterocycles. The van der Waals surface area contributed by atoms with Gasteiger partial charge in [0.05, 0.1) is 6.61 Å². The number of aliphatic hydroxyl groups excluding tert-OH is 1. The lowest BCUT2D eigenvalue weighted by Crippen LogP contribution is -2.39. The summed E-state index contributed by atoms with van der Waals surface area (Å²) >= 11 is 0. The van der Waals surface area contributed by atoms with Crippen molar-refractivity contribution in [2.45, 2.75) is 25.5 Å². The van der Waals surface area contributed by atoms with Crippen molar-refractivity contribution in [1.82, 2.24) is 4.90 Å². The maximum atomic E-state index is 9.01. The van der Waals surface area contributed by atoms with Gasteiger partial charge >= 0.3 is 0 Å². The van der Waals surface area contributed by atoms with Gasteiger partial charge in [0.2, 0.25) is 0 Å². The van der Waals surface area contributed by atoms with Gasteiger partial charge in [-0.1, -0.05) is 12.1 Å². The van der Waals surface area contributed by atoms with Crippen LogP contribution in [0, 0.1) is 5.92 Å². The highest BCUT2D eigenvalue weighted by Crippen LogP contribution is 2.29. The fraction of sp³-hybridized carbons (Fsp3) is 0.571. The van der Waals surface area contributed by atoms with Gasteiger partial charge in [0.25, 0.3) is 0 Å². The van der Waals surface area contributed by atoms with Gasteiger partial charge in [-0.25, -0.2) is 0 Å². The van der Waals surface area contributed by atoms with Crippen LogP contribution in [0.4, 0.5) is 5.69 Å². The molecule has 2 N–H and O–H groups in total. The third kappa shape index (κ3) is 2.31. The second kappa shape index (κ2) is 4.67. The summed E-state index contributed by atoms with van der Waals surface area (Å²) in [5, 5.41) is 12.7. The predicted molar refractivity (Wildman–Crippen MR) is 68.9 cm³/mol. The third-order valence-corrected chi connectivity index (χ3v) is 4.12. The van der Waals surface area contributed by atoms with Gasteiger partial charge in [-0.2, -0.15) is 0 Å². The summed E-state index contributed by atoms with van der Waals surface area (Å²) in [6.45, 7) is 3.92. The number of hydrogen-bond acceptors (Lipinski definition) is 3. The van der Waals surface area contributed by atoms with Crippen molar-refractivity contribution in [3.63, 3.8) is 0 Å². The Labute approximate surface area is 102 Å². The van der Waals surface area contributed by atoms with Gasteiger partial charge in [0, 0.05) is 24.8 Å². The Hall–Kier alpha value is -1.06. The molecule has 0 spiro atoms. The molecule has 2 fully saturated rings. The van der Waals surface area contributed by atoms with E-state index >= 15 is 0 Å². The first-order chi connectivity index (χ1) is 8.35. The Kier molecular flexibility index (Phi) is 3.04. The number of nitrogens with one attached hydrogen (secondary N) is 1. The normalized spacial score (nSPS) is 31.5. The van der Waals surface area contributed by atoms with Gasteiger partial charge in [-0.3, -0.25) is 0 Å². The highest BCUT2D eigenvalue weighted by atomic mass is 16.3. The minimum absolute atomic E-state index is 0.126. The molecule has 2 aliphatic rings. The SMILES string of the molecule is OCc1ccc(NC2CCN3CCC2C3)cc1. The maximum absolute atomic E-state index is 9.01. The number of nitrogens with zero attached hydrogens (tertiary/aromatic N) is 1. The molecule has 3 heteroatoms. The molecule has 1 aromatic carbocycles. The highest BCUT2D eigenvalue weighted by Gasteiger charge is 2.33. The highest BCUT2D eigenvalue weighted by molar-refractivity contribution is 5.45. The average Bonchev–Trinajstić information content (AvgIpc) is 2.77. The number of anilines is 1. The molecule has 17 heavy (non-hydrogen) atoms. The zero-order valence-corrected chi connectivity index (χ0v) is 10.1. The number of rotatable bonds is 3. The molecule has 3 unspecified atom stereocenters. The van der Waals surface area contributed by atoms with Crippen molar-refractivity contribution in [3.05, 3.63) is 29.8 Å². The summed E-state index contributed by atoms with van der Waals surface area (Å²) in [7, 11) is 0. The number of piperidine rings is 1. The summed E-state index contributed by atoms with van der Waals surface area (Å²) in [6, 6.07) is 8.77. The van der Waals surface area contributed by atoms with Crippen LogP contribution in [0.5, 0.6) is 0 Å². The van der Waals surface area contributed by atoms with Crippen molar-refractivity contribution in [2.75, 3.05) is 25.0 Å². The Morgan fingerprint density at radius 1 is 1.18 bits per heavy atom. The summed E-state index contributed by atoms with van der Waals surface area (Å²) in [5.74, 6) is 0.821. The van der Waals surface area contributed by atoms with Gasteiger partial charge in [0.15, 0.2) is 0 Å². The molecule has 3 rings (SSSR count). The van der Waals surface area contributed by atoms with E-state index in [2.05, 4.69) is 22.3 Å². The molecular formula is C14H20N2O. The van der Waals surface area contributed by atoms with Crippen LogP contribution < -0.4 is 5.32 Å². The summed E-state index contributed by atoms with van der Waals surface area (Å²) in [4.78, 5) is 2.57.